The quantitative estimate of drug-likeness (QED) is 0.708. The third-order valence-electron chi connectivity index (χ3n) is 3.68. The van der Waals surface area contributed by atoms with E-state index in [-0.39, 0.29) is 5.54 Å². The van der Waals surface area contributed by atoms with Gasteiger partial charge in [-0.15, -0.1) is 0 Å². The van der Waals surface area contributed by atoms with Crippen molar-refractivity contribution >= 4 is 0 Å². The van der Waals surface area contributed by atoms with E-state index in [0.29, 0.717) is 12.1 Å². The van der Waals surface area contributed by atoms with Crippen molar-refractivity contribution in [3.63, 3.8) is 0 Å². The minimum atomic E-state index is 0.243. The molecule has 0 saturated carbocycles. The number of ether oxygens (including phenoxy) is 1. The zero-order chi connectivity index (χ0) is 10.9. The number of nitrogens with zero attached hydrogens (tertiary/aromatic N) is 1. The fourth-order valence-corrected chi connectivity index (χ4v) is 2.73. The van der Waals surface area contributed by atoms with Crippen molar-refractivity contribution in [3.05, 3.63) is 0 Å². The first-order chi connectivity index (χ1) is 7.08. The van der Waals surface area contributed by atoms with Gasteiger partial charge in [-0.1, -0.05) is 0 Å². The van der Waals surface area contributed by atoms with Gasteiger partial charge in [0.1, 0.15) is 0 Å². The minimum absolute atomic E-state index is 0.243. The van der Waals surface area contributed by atoms with E-state index in [1.165, 1.54) is 12.8 Å². The largest absolute Gasteiger partial charge is 0.380 e. The van der Waals surface area contributed by atoms with Gasteiger partial charge in [-0.25, -0.2) is 0 Å². The Morgan fingerprint density at radius 2 is 2.13 bits per heavy atom. The fourth-order valence-electron chi connectivity index (χ4n) is 2.73. The lowest BCUT2D eigenvalue weighted by molar-refractivity contribution is 0.102. The summed E-state index contributed by atoms with van der Waals surface area (Å²) < 4.78 is 5.51. The highest BCUT2D eigenvalue weighted by molar-refractivity contribution is 4.91. The molecule has 2 unspecified atom stereocenters. The summed E-state index contributed by atoms with van der Waals surface area (Å²) in [6, 6.07) is 1.34. The maximum absolute atomic E-state index is 5.51. The van der Waals surface area contributed by atoms with Crippen LogP contribution < -0.4 is 5.32 Å². The normalized spacial score (nSPS) is 37.8. The van der Waals surface area contributed by atoms with Crippen LogP contribution in [0.3, 0.4) is 0 Å². The highest BCUT2D eigenvalue weighted by atomic mass is 16.5. The second-order valence-electron chi connectivity index (χ2n) is 5.64. The maximum atomic E-state index is 5.51. The summed E-state index contributed by atoms with van der Waals surface area (Å²) in [4.78, 5) is 2.65. The van der Waals surface area contributed by atoms with Gasteiger partial charge in [-0.2, -0.15) is 0 Å². The number of hydrogen-bond acceptors (Lipinski definition) is 3. The van der Waals surface area contributed by atoms with Gasteiger partial charge in [0.2, 0.25) is 0 Å². The zero-order valence-corrected chi connectivity index (χ0v) is 10.3. The van der Waals surface area contributed by atoms with E-state index >= 15 is 0 Å². The molecule has 0 aromatic rings. The van der Waals surface area contributed by atoms with Crippen molar-refractivity contribution in [2.45, 2.75) is 51.2 Å². The summed E-state index contributed by atoms with van der Waals surface area (Å²) in [5.41, 5.74) is 0.243. The Morgan fingerprint density at radius 1 is 1.33 bits per heavy atom. The maximum Gasteiger partial charge on any atom is 0.0622 e. The Labute approximate surface area is 93.2 Å². The molecule has 0 aromatic heterocycles. The summed E-state index contributed by atoms with van der Waals surface area (Å²) in [5, 5.41) is 3.62. The van der Waals surface area contributed by atoms with Crippen LogP contribution >= 0.6 is 0 Å². The van der Waals surface area contributed by atoms with E-state index in [1.807, 2.05) is 0 Å². The predicted octanol–water partition coefficient (Wildman–Crippen LogP) is 1.24. The van der Waals surface area contributed by atoms with Crippen LogP contribution in [-0.4, -0.2) is 48.8 Å². The molecule has 0 spiro atoms. The molecular weight excluding hydrogens is 188 g/mol. The van der Waals surface area contributed by atoms with Crippen LogP contribution in [0.25, 0.3) is 0 Å². The van der Waals surface area contributed by atoms with Crippen LogP contribution in [0.1, 0.15) is 33.6 Å². The molecule has 0 aromatic carbocycles. The molecule has 0 bridgehead atoms. The molecule has 2 rings (SSSR count). The van der Waals surface area contributed by atoms with Gasteiger partial charge in [0.25, 0.3) is 0 Å². The van der Waals surface area contributed by atoms with Crippen molar-refractivity contribution in [2.24, 2.45) is 0 Å². The number of nitrogens with one attached hydrogen (secondary N) is 1. The lowest BCUT2D eigenvalue weighted by atomic mass is 10.0. The molecule has 2 fully saturated rings. The first kappa shape index (κ1) is 11.4. The van der Waals surface area contributed by atoms with Gasteiger partial charge in [0.15, 0.2) is 0 Å². The molecule has 0 aliphatic carbocycles. The molecule has 0 radical (unpaired) electrons. The van der Waals surface area contributed by atoms with Crippen LogP contribution in [0.5, 0.6) is 0 Å². The SMILES string of the molecule is CC1CCNC(C)(C)CN1C1CCOC1. The molecule has 2 atom stereocenters. The lowest BCUT2D eigenvalue weighted by Crippen LogP contribution is -2.51. The Kier molecular flexibility index (Phi) is 3.33. The summed E-state index contributed by atoms with van der Waals surface area (Å²) in [7, 11) is 0. The summed E-state index contributed by atoms with van der Waals surface area (Å²) in [5.74, 6) is 0. The Hall–Kier alpha value is -0.120. The van der Waals surface area contributed by atoms with E-state index in [0.717, 1.165) is 26.3 Å². The van der Waals surface area contributed by atoms with E-state index in [2.05, 4.69) is 31.0 Å². The van der Waals surface area contributed by atoms with Crippen molar-refractivity contribution in [1.29, 1.82) is 0 Å². The average Bonchev–Trinajstić information content (AvgIpc) is 2.62. The van der Waals surface area contributed by atoms with E-state index in [4.69, 9.17) is 4.74 Å². The third-order valence-corrected chi connectivity index (χ3v) is 3.68. The molecule has 3 nitrogen and oxygen atoms in total. The third kappa shape index (κ3) is 2.71. The van der Waals surface area contributed by atoms with Crippen LogP contribution in [0.4, 0.5) is 0 Å². The van der Waals surface area contributed by atoms with Gasteiger partial charge in [0.05, 0.1) is 6.61 Å². The average molecular weight is 212 g/mol. The smallest absolute Gasteiger partial charge is 0.0622 e. The van der Waals surface area contributed by atoms with Crippen molar-refractivity contribution in [2.75, 3.05) is 26.3 Å². The molecule has 3 heteroatoms. The minimum Gasteiger partial charge on any atom is -0.380 e. The molecule has 2 saturated heterocycles. The summed E-state index contributed by atoms with van der Waals surface area (Å²) in [6.07, 6.45) is 2.46. The molecule has 2 aliphatic heterocycles. The topological polar surface area (TPSA) is 24.5 Å². The fraction of sp³-hybridized carbons (Fsp3) is 1.00. The molecular formula is C12H24N2O. The second kappa shape index (κ2) is 4.40. The molecule has 1 N–H and O–H groups in total. The molecule has 0 amide bonds. The van der Waals surface area contributed by atoms with E-state index < -0.39 is 0 Å². The van der Waals surface area contributed by atoms with Gasteiger partial charge in [0, 0.05) is 30.8 Å². The van der Waals surface area contributed by atoms with Crippen molar-refractivity contribution in [1.82, 2.24) is 10.2 Å². The summed E-state index contributed by atoms with van der Waals surface area (Å²) >= 11 is 0. The van der Waals surface area contributed by atoms with Crippen LogP contribution in [0.15, 0.2) is 0 Å². The first-order valence-electron chi connectivity index (χ1n) is 6.17. The Balaban J connectivity index is 2.04. The molecule has 2 heterocycles. The highest BCUT2D eigenvalue weighted by Crippen LogP contribution is 2.22. The number of hydrogen-bond donors (Lipinski definition) is 1. The van der Waals surface area contributed by atoms with E-state index in [9.17, 15) is 0 Å². The van der Waals surface area contributed by atoms with Gasteiger partial charge in [-0.05, 0) is 40.2 Å². The van der Waals surface area contributed by atoms with Crippen LogP contribution in [0.2, 0.25) is 0 Å². The van der Waals surface area contributed by atoms with E-state index in [1.54, 1.807) is 0 Å². The van der Waals surface area contributed by atoms with Crippen LogP contribution in [0, 0.1) is 0 Å². The Bertz CT molecular complexity index is 212. The lowest BCUT2D eigenvalue weighted by Gasteiger charge is -2.36. The monoisotopic (exact) mass is 212 g/mol. The second-order valence-corrected chi connectivity index (χ2v) is 5.64. The van der Waals surface area contributed by atoms with Crippen LogP contribution in [-0.2, 0) is 4.74 Å². The van der Waals surface area contributed by atoms with Gasteiger partial charge in [-0.3, -0.25) is 4.90 Å². The van der Waals surface area contributed by atoms with Crippen molar-refractivity contribution in [3.8, 4) is 0 Å². The van der Waals surface area contributed by atoms with Gasteiger partial charge >= 0.3 is 0 Å². The zero-order valence-electron chi connectivity index (χ0n) is 10.3. The van der Waals surface area contributed by atoms with Gasteiger partial charge < -0.3 is 10.1 Å². The van der Waals surface area contributed by atoms with Crippen molar-refractivity contribution < 1.29 is 4.74 Å². The molecule has 15 heavy (non-hydrogen) atoms. The first-order valence-corrected chi connectivity index (χ1v) is 6.17. The standard InChI is InChI=1S/C12H24N2O/c1-10-4-6-13-12(2,3)9-14(10)11-5-7-15-8-11/h10-11,13H,4-9H2,1-3H3. The Morgan fingerprint density at radius 3 is 2.80 bits per heavy atom. The molecule has 88 valence electrons. The molecule has 2 aliphatic rings. The predicted molar refractivity (Wildman–Crippen MR) is 62.1 cm³/mol. The summed E-state index contributed by atoms with van der Waals surface area (Å²) in [6.45, 7) is 11.1. The highest BCUT2D eigenvalue weighted by Gasteiger charge is 2.33. The number of rotatable bonds is 1.